The van der Waals surface area contributed by atoms with Gasteiger partial charge in [0.2, 0.25) is 5.91 Å². The van der Waals surface area contributed by atoms with Crippen LogP contribution >= 0.6 is 11.3 Å². The number of fused-ring (bicyclic) bond motifs is 2. The lowest BCUT2D eigenvalue weighted by molar-refractivity contribution is -0.136. The Labute approximate surface area is 213 Å². The third-order valence-electron chi connectivity index (χ3n) is 7.76. The number of nitriles is 1. The number of hydrogen-bond acceptors (Lipinski definition) is 7. The van der Waals surface area contributed by atoms with E-state index in [1.807, 2.05) is 14.1 Å². The van der Waals surface area contributed by atoms with Crippen molar-refractivity contribution in [1.29, 1.82) is 5.26 Å². The van der Waals surface area contributed by atoms with E-state index in [0.29, 0.717) is 42.2 Å². The highest BCUT2D eigenvalue weighted by Gasteiger charge is 2.44. The number of nitrogens with one attached hydrogen (secondary N) is 1. The maximum atomic E-state index is 13.8. The molecule has 1 saturated carbocycles. The van der Waals surface area contributed by atoms with Crippen molar-refractivity contribution in [3.63, 3.8) is 0 Å². The molecule has 9 heteroatoms. The van der Waals surface area contributed by atoms with E-state index in [1.165, 1.54) is 21.1 Å². The summed E-state index contributed by atoms with van der Waals surface area (Å²) in [7, 11) is 6.13. The first-order valence-corrected chi connectivity index (χ1v) is 13.5. The fourth-order valence-corrected chi connectivity index (χ4v) is 7.12. The minimum Gasteiger partial charge on any atom is -0.389 e. The van der Waals surface area contributed by atoms with Crippen molar-refractivity contribution >= 4 is 28.3 Å². The number of carbonyl (C=O) groups excluding carboxylic acids is 2. The average molecular weight is 501 g/mol. The van der Waals surface area contributed by atoms with Crippen LogP contribution in [-0.2, 0) is 17.6 Å². The molecule has 1 saturated heterocycles. The molecule has 0 aromatic carbocycles. The summed E-state index contributed by atoms with van der Waals surface area (Å²) in [6.07, 6.45) is 4.56. The molecule has 35 heavy (non-hydrogen) atoms. The number of anilines is 1. The summed E-state index contributed by atoms with van der Waals surface area (Å²) in [4.78, 5) is 34.1. The number of piperidine rings is 1. The molecule has 2 fully saturated rings. The lowest BCUT2D eigenvalue weighted by Crippen LogP contribution is -2.56. The van der Waals surface area contributed by atoms with Gasteiger partial charge in [-0.05, 0) is 76.1 Å². The zero-order chi connectivity index (χ0) is 25.5. The van der Waals surface area contributed by atoms with Crippen LogP contribution < -0.4 is 11.1 Å². The Hall–Kier alpha value is -2.15. The Morgan fingerprint density at radius 2 is 2.00 bits per heavy atom. The standard InChI is InChI=1S/C26H40N6O2S/c1-26(2,15-30(3)4)14-29-25(34)32(12-16-6-7-16)24(33)18-8-17-9-19-20(11-27)23(28)35-22(19)10-21(17)31(5)13-18/h16-18,21H,6-10,12-15,28H2,1-5H3,(H,29,34)/t17-,18-,21-/m1/s1. The number of likely N-dealkylation sites (N-methyl/N-ethyl adjacent to an activating group) is 1. The fourth-order valence-electron chi connectivity index (χ4n) is 6.02. The van der Waals surface area contributed by atoms with Gasteiger partial charge in [0.15, 0.2) is 0 Å². The molecule has 1 aromatic heterocycles. The van der Waals surface area contributed by atoms with E-state index in [-0.39, 0.29) is 29.2 Å². The molecule has 0 radical (unpaired) electrons. The Balaban J connectivity index is 1.46. The molecule has 1 aromatic rings. The van der Waals surface area contributed by atoms with Crippen LogP contribution in [0.25, 0.3) is 0 Å². The van der Waals surface area contributed by atoms with Gasteiger partial charge >= 0.3 is 6.03 Å². The molecule has 3 aliphatic rings. The molecule has 0 spiro atoms. The minimum absolute atomic E-state index is 0.0544. The van der Waals surface area contributed by atoms with Crippen molar-refractivity contribution in [2.45, 2.75) is 52.0 Å². The molecule has 1 aliphatic heterocycles. The van der Waals surface area contributed by atoms with Crippen LogP contribution in [-0.4, -0.2) is 80.0 Å². The topological polar surface area (TPSA) is 106 Å². The Morgan fingerprint density at radius 1 is 1.29 bits per heavy atom. The molecule has 8 nitrogen and oxygen atoms in total. The number of urea groups is 1. The summed E-state index contributed by atoms with van der Waals surface area (Å²) in [5, 5.41) is 13.3. The summed E-state index contributed by atoms with van der Waals surface area (Å²) < 4.78 is 0. The molecule has 192 valence electrons. The monoisotopic (exact) mass is 500 g/mol. The van der Waals surface area contributed by atoms with Gasteiger partial charge in [-0.1, -0.05) is 13.8 Å². The largest absolute Gasteiger partial charge is 0.389 e. The van der Waals surface area contributed by atoms with Gasteiger partial charge in [-0.2, -0.15) is 5.26 Å². The Bertz CT molecular complexity index is 1010. The predicted octanol–water partition coefficient (Wildman–Crippen LogP) is 2.77. The highest BCUT2D eigenvalue weighted by molar-refractivity contribution is 7.16. The number of carbonyl (C=O) groups is 2. The zero-order valence-corrected chi connectivity index (χ0v) is 22.6. The molecular formula is C26H40N6O2S. The minimum atomic E-state index is -0.262. The number of imide groups is 1. The average Bonchev–Trinajstić information content (AvgIpc) is 3.54. The van der Waals surface area contributed by atoms with Gasteiger partial charge < -0.3 is 20.9 Å². The molecule has 3 amide bonds. The summed E-state index contributed by atoms with van der Waals surface area (Å²) in [5.74, 6) is 0.434. The molecule has 0 bridgehead atoms. The number of thiophene rings is 1. The number of amides is 3. The van der Waals surface area contributed by atoms with E-state index < -0.39 is 0 Å². The molecule has 3 N–H and O–H groups in total. The highest BCUT2D eigenvalue weighted by atomic mass is 32.1. The van der Waals surface area contributed by atoms with E-state index >= 15 is 0 Å². The van der Waals surface area contributed by atoms with Crippen LogP contribution in [0, 0.1) is 34.5 Å². The van der Waals surface area contributed by atoms with E-state index in [2.05, 4.69) is 42.1 Å². The van der Waals surface area contributed by atoms with Gasteiger partial charge in [0, 0.05) is 37.1 Å². The molecule has 4 rings (SSSR count). The lowest BCUT2D eigenvalue weighted by atomic mass is 9.74. The van der Waals surface area contributed by atoms with Crippen molar-refractivity contribution in [1.82, 2.24) is 20.0 Å². The second-order valence-electron chi connectivity index (χ2n) is 11.9. The van der Waals surface area contributed by atoms with Crippen LogP contribution in [0.4, 0.5) is 9.80 Å². The van der Waals surface area contributed by atoms with Crippen LogP contribution in [0.15, 0.2) is 0 Å². The van der Waals surface area contributed by atoms with Gasteiger partial charge in [-0.25, -0.2) is 4.79 Å². The van der Waals surface area contributed by atoms with Crippen LogP contribution in [0.1, 0.15) is 49.1 Å². The quantitative estimate of drug-likeness (QED) is 0.596. The third kappa shape index (κ3) is 5.82. The van der Waals surface area contributed by atoms with Gasteiger partial charge in [-0.15, -0.1) is 11.3 Å². The van der Waals surface area contributed by atoms with Crippen molar-refractivity contribution in [2.24, 2.45) is 23.2 Å². The van der Waals surface area contributed by atoms with E-state index in [4.69, 9.17) is 5.73 Å². The fraction of sp³-hybridized carbons (Fsp3) is 0.731. The number of hydrogen-bond donors (Lipinski definition) is 2. The van der Waals surface area contributed by atoms with Crippen LogP contribution in [0.2, 0.25) is 0 Å². The van der Waals surface area contributed by atoms with Crippen molar-refractivity contribution < 1.29 is 9.59 Å². The first-order chi connectivity index (χ1) is 16.5. The van der Waals surface area contributed by atoms with Gasteiger partial charge in [-0.3, -0.25) is 9.69 Å². The zero-order valence-electron chi connectivity index (χ0n) is 21.8. The summed E-state index contributed by atoms with van der Waals surface area (Å²) in [5.41, 5.74) is 7.72. The van der Waals surface area contributed by atoms with E-state index in [0.717, 1.165) is 44.2 Å². The molecule has 0 unspecified atom stereocenters. The molecule has 3 atom stereocenters. The van der Waals surface area contributed by atoms with E-state index in [9.17, 15) is 14.9 Å². The predicted molar refractivity (Wildman–Crippen MR) is 139 cm³/mol. The normalized spacial score (nSPS) is 24.4. The number of nitrogens with zero attached hydrogens (tertiary/aromatic N) is 4. The summed E-state index contributed by atoms with van der Waals surface area (Å²) in [6, 6.07) is 2.36. The van der Waals surface area contributed by atoms with Gasteiger partial charge in [0.05, 0.1) is 11.5 Å². The highest BCUT2D eigenvalue weighted by Crippen LogP contribution is 2.43. The maximum Gasteiger partial charge on any atom is 0.324 e. The second kappa shape index (κ2) is 10.1. The van der Waals surface area contributed by atoms with E-state index in [1.54, 1.807) is 0 Å². The van der Waals surface area contributed by atoms with Gasteiger partial charge in [0.1, 0.15) is 11.1 Å². The van der Waals surface area contributed by atoms with Crippen LogP contribution in [0.3, 0.4) is 0 Å². The summed E-state index contributed by atoms with van der Waals surface area (Å²) in [6.45, 7) is 6.78. The first-order valence-electron chi connectivity index (χ1n) is 12.7. The number of nitrogens with two attached hydrogens (primary N) is 1. The van der Waals surface area contributed by atoms with Gasteiger partial charge in [0.25, 0.3) is 0 Å². The maximum absolute atomic E-state index is 13.8. The second-order valence-corrected chi connectivity index (χ2v) is 13.1. The number of nitrogen functional groups attached to an aromatic ring is 1. The van der Waals surface area contributed by atoms with Crippen molar-refractivity contribution in [3.05, 3.63) is 16.0 Å². The Morgan fingerprint density at radius 3 is 2.63 bits per heavy atom. The number of likely N-dealkylation sites (tertiary alicyclic amines) is 1. The molecule has 2 heterocycles. The first kappa shape index (κ1) is 25.9. The number of rotatable bonds is 7. The summed E-state index contributed by atoms with van der Waals surface area (Å²) >= 11 is 1.54. The van der Waals surface area contributed by atoms with Crippen LogP contribution in [0.5, 0.6) is 0 Å². The Kier molecular flexibility index (Phi) is 7.46. The smallest absolute Gasteiger partial charge is 0.324 e. The SMILES string of the molecule is CN(C)CC(C)(C)CNC(=O)N(CC1CC1)C(=O)[C@@H]1C[C@@H]2Cc3c(sc(N)c3C#N)C[C@H]2N(C)C1. The lowest BCUT2D eigenvalue weighted by Gasteiger charge is -2.45. The molecular weight excluding hydrogens is 460 g/mol. The van der Waals surface area contributed by atoms with Crippen molar-refractivity contribution in [3.8, 4) is 6.07 Å². The molecule has 2 aliphatic carbocycles. The van der Waals surface area contributed by atoms with Crippen molar-refractivity contribution in [2.75, 3.05) is 53.1 Å². The third-order valence-corrected chi connectivity index (χ3v) is 8.84.